The first-order valence-electron chi connectivity index (χ1n) is 12.2. The summed E-state index contributed by atoms with van der Waals surface area (Å²) in [6.45, 7) is 8.33. The Morgan fingerprint density at radius 2 is 1.87 bits per heavy atom. The largest absolute Gasteiger partial charge is 0.450 e. The Hall–Kier alpha value is -1.54. The molecule has 31 heavy (non-hydrogen) atoms. The van der Waals surface area contributed by atoms with Crippen molar-refractivity contribution >= 4 is 12.1 Å². The summed E-state index contributed by atoms with van der Waals surface area (Å²) in [5, 5.41) is 3.00. The average molecular weight is 437 g/mol. The van der Waals surface area contributed by atoms with E-state index in [9.17, 15) is 9.59 Å². The van der Waals surface area contributed by atoms with E-state index in [0.717, 1.165) is 52.0 Å². The second-order valence-electron chi connectivity index (χ2n) is 9.93. The summed E-state index contributed by atoms with van der Waals surface area (Å²) in [5.74, 6) is 0.617. The first-order chi connectivity index (χ1) is 15.0. The fraction of sp³-hybridized carbons (Fsp3) is 0.913. The summed E-state index contributed by atoms with van der Waals surface area (Å²) in [7, 11) is 1.66. The zero-order chi connectivity index (χ0) is 21.8. The highest BCUT2D eigenvalue weighted by Gasteiger charge is 2.51. The molecule has 8 heteroatoms. The molecule has 1 spiro atoms. The Kier molecular flexibility index (Phi) is 7.26. The molecule has 4 aliphatic rings. The van der Waals surface area contributed by atoms with Crippen LogP contribution in [0, 0.1) is 11.3 Å². The fourth-order valence-electron chi connectivity index (χ4n) is 6.40. The van der Waals surface area contributed by atoms with Gasteiger partial charge < -0.3 is 29.5 Å². The molecule has 0 aromatic heterocycles. The fourth-order valence-corrected chi connectivity index (χ4v) is 6.40. The number of methoxy groups -OCH3 is 1. The Morgan fingerprint density at radius 1 is 1.10 bits per heavy atom. The van der Waals surface area contributed by atoms with E-state index in [-0.39, 0.29) is 12.1 Å². The van der Waals surface area contributed by atoms with Crippen molar-refractivity contribution in [2.24, 2.45) is 11.3 Å². The number of carbonyl (C=O) groups excluding carboxylic acids is 2. The van der Waals surface area contributed by atoms with E-state index in [2.05, 4.69) is 15.1 Å². The van der Waals surface area contributed by atoms with E-state index in [1.54, 1.807) is 7.11 Å². The lowest BCUT2D eigenvalue weighted by Gasteiger charge is -2.52. The Labute approximate surface area is 186 Å². The van der Waals surface area contributed by atoms with Crippen LogP contribution in [0.4, 0.5) is 9.59 Å². The van der Waals surface area contributed by atoms with Crippen LogP contribution in [0.25, 0.3) is 0 Å². The number of amides is 3. The predicted molar refractivity (Wildman–Crippen MR) is 118 cm³/mol. The smallest absolute Gasteiger partial charge is 0.409 e. The number of hydrogen-bond acceptors (Lipinski definition) is 5. The molecule has 3 heterocycles. The van der Waals surface area contributed by atoms with Crippen molar-refractivity contribution in [2.75, 3.05) is 59.6 Å². The van der Waals surface area contributed by atoms with E-state index in [4.69, 9.17) is 9.47 Å². The van der Waals surface area contributed by atoms with Gasteiger partial charge in [0, 0.05) is 45.4 Å². The van der Waals surface area contributed by atoms with Crippen LogP contribution in [-0.4, -0.2) is 98.5 Å². The maximum absolute atomic E-state index is 12.6. The Balaban J connectivity index is 1.20. The van der Waals surface area contributed by atoms with Crippen molar-refractivity contribution < 1.29 is 19.1 Å². The topological polar surface area (TPSA) is 74.4 Å². The minimum atomic E-state index is -0.143. The van der Waals surface area contributed by atoms with Crippen LogP contribution in [0.1, 0.15) is 51.9 Å². The van der Waals surface area contributed by atoms with E-state index < -0.39 is 0 Å². The lowest BCUT2D eigenvalue weighted by molar-refractivity contribution is -0.0144. The highest BCUT2D eigenvalue weighted by atomic mass is 16.6. The molecule has 4 rings (SSSR count). The molecule has 1 saturated carbocycles. The van der Waals surface area contributed by atoms with Gasteiger partial charge in [-0.05, 0) is 76.3 Å². The number of piperidine rings is 1. The highest BCUT2D eigenvalue weighted by Crippen LogP contribution is 2.51. The maximum atomic E-state index is 12.6. The van der Waals surface area contributed by atoms with Crippen molar-refractivity contribution in [2.45, 2.75) is 64.0 Å². The molecule has 3 amide bonds. The second kappa shape index (κ2) is 9.94. The molecular formula is C23H40N4O4. The molecule has 176 valence electrons. The number of hydrogen-bond donors (Lipinski definition) is 1. The second-order valence-corrected chi connectivity index (χ2v) is 9.93. The molecule has 1 atom stereocenters. The number of nitrogens with one attached hydrogen (secondary N) is 1. The molecule has 4 fully saturated rings. The van der Waals surface area contributed by atoms with Gasteiger partial charge in [0.15, 0.2) is 0 Å². The van der Waals surface area contributed by atoms with Crippen molar-refractivity contribution in [3.8, 4) is 0 Å². The number of urea groups is 1. The van der Waals surface area contributed by atoms with E-state index >= 15 is 0 Å². The number of carbonyl (C=O) groups is 2. The molecule has 3 aliphatic heterocycles. The van der Waals surface area contributed by atoms with Gasteiger partial charge in [0.25, 0.3) is 0 Å². The Bertz CT molecular complexity index is 631. The van der Waals surface area contributed by atoms with Gasteiger partial charge in [0.1, 0.15) is 0 Å². The molecule has 1 unspecified atom stereocenters. The third kappa shape index (κ3) is 4.95. The summed E-state index contributed by atoms with van der Waals surface area (Å²) in [4.78, 5) is 31.2. The average Bonchev–Trinajstić information content (AvgIpc) is 3.41. The molecular weight excluding hydrogens is 396 g/mol. The van der Waals surface area contributed by atoms with Crippen LogP contribution < -0.4 is 5.32 Å². The highest BCUT2D eigenvalue weighted by molar-refractivity contribution is 5.74. The Morgan fingerprint density at radius 3 is 2.58 bits per heavy atom. The molecule has 0 bridgehead atoms. The van der Waals surface area contributed by atoms with Crippen LogP contribution in [0.5, 0.6) is 0 Å². The number of rotatable bonds is 6. The lowest BCUT2D eigenvalue weighted by Crippen LogP contribution is -2.55. The number of likely N-dealkylation sites (tertiary alicyclic amines) is 3. The van der Waals surface area contributed by atoms with E-state index in [1.165, 1.54) is 25.7 Å². The van der Waals surface area contributed by atoms with Crippen LogP contribution in [-0.2, 0) is 9.47 Å². The van der Waals surface area contributed by atoms with Gasteiger partial charge in [-0.15, -0.1) is 0 Å². The monoisotopic (exact) mass is 436 g/mol. The third-order valence-electron chi connectivity index (χ3n) is 8.08. The van der Waals surface area contributed by atoms with Gasteiger partial charge in [-0.1, -0.05) is 0 Å². The van der Waals surface area contributed by atoms with Crippen LogP contribution in [0.3, 0.4) is 0 Å². The minimum Gasteiger partial charge on any atom is -0.450 e. The van der Waals surface area contributed by atoms with Crippen LogP contribution in [0.15, 0.2) is 0 Å². The first kappa shape index (κ1) is 22.6. The SMILES string of the molecule is CCOC(=O)N1CCC2(CC(N3CCC(C4CCCN4C(=O)NCCOC)CC3)C2)C1. The zero-order valence-electron chi connectivity index (χ0n) is 19.3. The van der Waals surface area contributed by atoms with Crippen molar-refractivity contribution in [1.82, 2.24) is 20.0 Å². The molecule has 0 aromatic rings. The summed E-state index contributed by atoms with van der Waals surface area (Å²) >= 11 is 0. The third-order valence-corrected chi connectivity index (χ3v) is 8.08. The molecule has 1 aliphatic carbocycles. The quantitative estimate of drug-likeness (QED) is 0.648. The van der Waals surface area contributed by atoms with Crippen molar-refractivity contribution in [3.05, 3.63) is 0 Å². The summed E-state index contributed by atoms with van der Waals surface area (Å²) in [5.41, 5.74) is 0.330. The van der Waals surface area contributed by atoms with Crippen molar-refractivity contribution in [1.29, 1.82) is 0 Å². The predicted octanol–water partition coefficient (Wildman–Crippen LogP) is 2.53. The molecule has 1 N–H and O–H groups in total. The van der Waals surface area contributed by atoms with Crippen LogP contribution >= 0.6 is 0 Å². The first-order valence-corrected chi connectivity index (χ1v) is 12.2. The zero-order valence-corrected chi connectivity index (χ0v) is 19.3. The minimum absolute atomic E-state index is 0.0790. The van der Waals surface area contributed by atoms with Crippen molar-refractivity contribution in [3.63, 3.8) is 0 Å². The number of ether oxygens (including phenoxy) is 2. The van der Waals surface area contributed by atoms with Crippen LogP contribution in [0.2, 0.25) is 0 Å². The van der Waals surface area contributed by atoms with Gasteiger partial charge in [-0.2, -0.15) is 0 Å². The molecule has 0 radical (unpaired) electrons. The van der Waals surface area contributed by atoms with Gasteiger partial charge in [0.2, 0.25) is 0 Å². The van der Waals surface area contributed by atoms with Gasteiger partial charge >= 0.3 is 12.1 Å². The lowest BCUT2D eigenvalue weighted by atomic mass is 9.64. The molecule has 3 saturated heterocycles. The number of nitrogens with zero attached hydrogens (tertiary/aromatic N) is 3. The van der Waals surface area contributed by atoms with E-state index in [0.29, 0.717) is 43.2 Å². The van der Waals surface area contributed by atoms with E-state index in [1.807, 2.05) is 11.8 Å². The summed E-state index contributed by atoms with van der Waals surface area (Å²) < 4.78 is 10.2. The van der Waals surface area contributed by atoms with Gasteiger partial charge in [-0.3, -0.25) is 0 Å². The van der Waals surface area contributed by atoms with Gasteiger partial charge in [0.05, 0.1) is 13.2 Å². The summed E-state index contributed by atoms with van der Waals surface area (Å²) in [6, 6.07) is 1.14. The molecule has 0 aromatic carbocycles. The standard InChI is InChI=1S/C23H40N4O4/c1-3-31-22(29)26-13-8-23(17-26)15-19(16-23)25-11-6-18(7-12-25)20-5-4-10-27(20)21(28)24-9-14-30-2/h18-20H,3-17H2,1-2H3,(H,24,28). The summed E-state index contributed by atoms with van der Waals surface area (Å²) in [6.07, 6.45) is 8.03. The normalized spacial score (nSPS) is 31.8. The molecule has 8 nitrogen and oxygen atoms in total. The maximum Gasteiger partial charge on any atom is 0.409 e. The van der Waals surface area contributed by atoms with Gasteiger partial charge in [-0.25, -0.2) is 9.59 Å².